The van der Waals surface area contributed by atoms with Crippen molar-refractivity contribution in [1.82, 2.24) is 4.98 Å². The van der Waals surface area contributed by atoms with Crippen LogP contribution in [0, 0.1) is 0 Å². The molecule has 18 heavy (non-hydrogen) atoms. The first kappa shape index (κ1) is 11.0. The lowest BCUT2D eigenvalue weighted by Gasteiger charge is -2.16. The second-order valence-electron chi connectivity index (χ2n) is 4.59. The molecule has 5 heteroatoms. The Morgan fingerprint density at radius 2 is 2.06 bits per heavy atom. The molecule has 5 nitrogen and oxygen atoms in total. The second kappa shape index (κ2) is 3.94. The van der Waals surface area contributed by atoms with Crippen molar-refractivity contribution >= 4 is 5.69 Å². The number of ether oxygens (including phenoxy) is 2. The van der Waals surface area contributed by atoms with Crippen molar-refractivity contribution in [2.75, 3.05) is 5.32 Å². The second-order valence-corrected chi connectivity index (χ2v) is 4.59. The fraction of sp³-hybridized carbons (Fsp3) is 0.308. The van der Waals surface area contributed by atoms with Crippen LogP contribution in [0.3, 0.4) is 0 Å². The first-order valence-electron chi connectivity index (χ1n) is 5.76. The number of fused-ring (bicyclic) bond motifs is 1. The van der Waals surface area contributed by atoms with Gasteiger partial charge in [-0.2, -0.15) is 0 Å². The van der Waals surface area contributed by atoms with Crippen LogP contribution in [-0.4, -0.2) is 10.8 Å². The van der Waals surface area contributed by atoms with Gasteiger partial charge in [0.1, 0.15) is 5.76 Å². The van der Waals surface area contributed by atoms with E-state index in [1.807, 2.05) is 32.0 Å². The van der Waals surface area contributed by atoms with Crippen LogP contribution in [0.1, 0.15) is 19.6 Å². The van der Waals surface area contributed by atoms with Gasteiger partial charge in [-0.1, -0.05) is 0 Å². The predicted molar refractivity (Wildman–Crippen MR) is 65.6 cm³/mol. The molecule has 2 aromatic rings. The molecular weight excluding hydrogens is 232 g/mol. The molecule has 1 N–H and O–H groups in total. The van der Waals surface area contributed by atoms with Crippen molar-refractivity contribution in [3.8, 4) is 11.5 Å². The summed E-state index contributed by atoms with van der Waals surface area (Å²) in [6.45, 7) is 4.35. The summed E-state index contributed by atoms with van der Waals surface area (Å²) in [5, 5.41) is 3.23. The largest absolute Gasteiger partial charge is 0.449 e. The molecule has 94 valence electrons. The van der Waals surface area contributed by atoms with Crippen LogP contribution in [0.4, 0.5) is 5.69 Å². The maximum absolute atomic E-state index is 5.67. The number of rotatable bonds is 3. The summed E-state index contributed by atoms with van der Waals surface area (Å²) in [6.07, 6.45) is 3.10. The molecular formula is C13H14N2O3. The third-order valence-electron chi connectivity index (χ3n) is 2.61. The fourth-order valence-corrected chi connectivity index (χ4v) is 1.85. The highest BCUT2D eigenvalue weighted by molar-refractivity contribution is 5.56. The normalized spacial score (nSPS) is 15.7. The first-order valence-corrected chi connectivity index (χ1v) is 5.76. The van der Waals surface area contributed by atoms with E-state index in [9.17, 15) is 0 Å². The number of aromatic nitrogens is 1. The molecule has 0 saturated carbocycles. The zero-order chi connectivity index (χ0) is 12.6. The van der Waals surface area contributed by atoms with Gasteiger partial charge in [0.05, 0.1) is 12.7 Å². The average Bonchev–Trinajstić information content (AvgIpc) is 2.90. The van der Waals surface area contributed by atoms with Crippen molar-refractivity contribution in [3.05, 3.63) is 36.5 Å². The number of hydrogen-bond donors (Lipinski definition) is 1. The Hall–Kier alpha value is -2.17. The first-order chi connectivity index (χ1) is 8.62. The number of benzene rings is 1. The molecule has 3 rings (SSSR count). The Labute approximate surface area is 105 Å². The van der Waals surface area contributed by atoms with Gasteiger partial charge in [0.25, 0.3) is 0 Å². The van der Waals surface area contributed by atoms with Crippen molar-refractivity contribution in [1.29, 1.82) is 0 Å². The average molecular weight is 246 g/mol. The zero-order valence-electron chi connectivity index (χ0n) is 10.3. The molecule has 1 aliphatic heterocycles. The predicted octanol–water partition coefficient (Wildman–Crippen LogP) is 2.79. The van der Waals surface area contributed by atoms with E-state index in [-0.39, 0.29) is 0 Å². The third-order valence-corrected chi connectivity index (χ3v) is 2.61. The Balaban J connectivity index is 1.72. The van der Waals surface area contributed by atoms with E-state index in [1.54, 1.807) is 6.20 Å². The summed E-state index contributed by atoms with van der Waals surface area (Å²) >= 11 is 0. The molecule has 0 atom stereocenters. The lowest BCUT2D eigenvalue weighted by atomic mass is 10.3. The monoisotopic (exact) mass is 246 g/mol. The summed E-state index contributed by atoms with van der Waals surface area (Å²) in [5.74, 6) is 1.71. The molecule has 0 spiro atoms. The van der Waals surface area contributed by atoms with Crippen LogP contribution >= 0.6 is 0 Å². The highest BCUT2D eigenvalue weighted by Crippen LogP contribution is 2.40. The van der Waals surface area contributed by atoms with Crippen LogP contribution in [-0.2, 0) is 6.54 Å². The van der Waals surface area contributed by atoms with Gasteiger partial charge in [0.15, 0.2) is 17.9 Å². The highest BCUT2D eigenvalue weighted by Gasteiger charge is 2.31. The topological polar surface area (TPSA) is 56.5 Å². The maximum atomic E-state index is 5.67. The van der Waals surface area contributed by atoms with E-state index in [4.69, 9.17) is 13.9 Å². The van der Waals surface area contributed by atoms with E-state index >= 15 is 0 Å². The molecule has 0 unspecified atom stereocenters. The Kier molecular flexibility index (Phi) is 2.40. The minimum Gasteiger partial charge on any atom is -0.449 e. The Bertz CT molecular complexity index is 549. The van der Waals surface area contributed by atoms with Crippen molar-refractivity contribution in [2.24, 2.45) is 0 Å². The number of nitrogens with zero attached hydrogens (tertiary/aromatic N) is 1. The van der Waals surface area contributed by atoms with Crippen LogP contribution in [0.15, 0.2) is 35.2 Å². The van der Waals surface area contributed by atoms with Gasteiger partial charge in [-0.05, 0) is 12.1 Å². The van der Waals surface area contributed by atoms with Crippen molar-refractivity contribution in [2.45, 2.75) is 26.2 Å². The summed E-state index contributed by atoms with van der Waals surface area (Å²) in [5.41, 5.74) is 0.950. The summed E-state index contributed by atoms with van der Waals surface area (Å²) in [6, 6.07) is 5.76. The minimum atomic E-state index is -0.591. The Morgan fingerprint density at radius 3 is 2.83 bits per heavy atom. The summed E-state index contributed by atoms with van der Waals surface area (Å²) in [7, 11) is 0. The van der Waals surface area contributed by atoms with E-state index in [0.29, 0.717) is 6.54 Å². The lowest BCUT2D eigenvalue weighted by molar-refractivity contribution is -0.0431. The molecule has 0 bridgehead atoms. The standard InChI is InChI=1S/C13H14N2O3/c1-13(2)17-11-4-3-9(5-12(11)18-13)15-7-10-6-14-8-16-10/h3-6,8,15H,7H2,1-2H3. The molecule has 0 amide bonds. The molecule has 0 aliphatic carbocycles. The SMILES string of the molecule is CC1(C)Oc2ccc(NCc3cnco3)cc2O1. The zero-order valence-corrected chi connectivity index (χ0v) is 10.3. The number of hydrogen-bond acceptors (Lipinski definition) is 5. The fourth-order valence-electron chi connectivity index (χ4n) is 1.85. The van der Waals surface area contributed by atoms with Gasteiger partial charge >= 0.3 is 0 Å². The van der Waals surface area contributed by atoms with Gasteiger partial charge in [0.2, 0.25) is 5.79 Å². The molecule has 1 aromatic heterocycles. The van der Waals surface area contributed by atoms with Gasteiger partial charge in [-0.3, -0.25) is 0 Å². The smallest absolute Gasteiger partial charge is 0.246 e. The van der Waals surface area contributed by atoms with Crippen LogP contribution < -0.4 is 14.8 Å². The van der Waals surface area contributed by atoms with Gasteiger partial charge < -0.3 is 19.2 Å². The molecule has 0 radical (unpaired) electrons. The summed E-state index contributed by atoms with van der Waals surface area (Å²) < 4.78 is 16.4. The number of anilines is 1. The number of nitrogens with one attached hydrogen (secondary N) is 1. The van der Waals surface area contributed by atoms with E-state index in [2.05, 4.69) is 10.3 Å². The Morgan fingerprint density at radius 1 is 1.22 bits per heavy atom. The third kappa shape index (κ3) is 2.11. The van der Waals surface area contributed by atoms with E-state index in [1.165, 1.54) is 6.39 Å². The maximum Gasteiger partial charge on any atom is 0.246 e. The van der Waals surface area contributed by atoms with Crippen molar-refractivity contribution < 1.29 is 13.9 Å². The molecule has 1 aliphatic rings. The van der Waals surface area contributed by atoms with Gasteiger partial charge in [-0.25, -0.2) is 4.98 Å². The molecule has 2 heterocycles. The lowest BCUT2D eigenvalue weighted by Crippen LogP contribution is -2.29. The molecule has 0 fully saturated rings. The van der Waals surface area contributed by atoms with Crippen LogP contribution in [0.25, 0.3) is 0 Å². The summed E-state index contributed by atoms with van der Waals surface area (Å²) in [4.78, 5) is 3.86. The van der Waals surface area contributed by atoms with Crippen LogP contribution in [0.2, 0.25) is 0 Å². The number of oxazole rings is 1. The molecule has 0 saturated heterocycles. The molecule has 1 aromatic carbocycles. The van der Waals surface area contributed by atoms with Crippen LogP contribution in [0.5, 0.6) is 11.5 Å². The quantitative estimate of drug-likeness (QED) is 0.902. The van der Waals surface area contributed by atoms with Crippen molar-refractivity contribution in [3.63, 3.8) is 0 Å². The van der Waals surface area contributed by atoms with E-state index in [0.717, 1.165) is 22.9 Å². The van der Waals surface area contributed by atoms with Gasteiger partial charge in [-0.15, -0.1) is 0 Å². The van der Waals surface area contributed by atoms with Gasteiger partial charge in [0, 0.05) is 25.6 Å². The minimum absolute atomic E-state index is 0.586. The van der Waals surface area contributed by atoms with E-state index < -0.39 is 5.79 Å². The highest BCUT2D eigenvalue weighted by atomic mass is 16.7.